The molecular formula is C16H32F3IN4O. The first kappa shape index (κ1) is 24.7. The lowest BCUT2D eigenvalue weighted by atomic mass is 9.89. The molecule has 0 amide bonds. The first-order valence-corrected chi connectivity index (χ1v) is 8.29. The van der Waals surface area contributed by atoms with E-state index in [1.165, 1.54) is 11.8 Å². The molecule has 0 saturated carbocycles. The molecule has 1 fully saturated rings. The summed E-state index contributed by atoms with van der Waals surface area (Å²) < 4.78 is 43.9. The lowest BCUT2D eigenvalue weighted by Gasteiger charge is -2.40. The van der Waals surface area contributed by atoms with Gasteiger partial charge < -0.3 is 15.0 Å². The van der Waals surface area contributed by atoms with Crippen LogP contribution in [0.3, 0.4) is 0 Å². The van der Waals surface area contributed by atoms with Crippen molar-refractivity contribution in [3.05, 3.63) is 0 Å². The Bertz CT molecular complexity index is 419. The number of hydrogen-bond acceptors (Lipinski definition) is 3. The van der Waals surface area contributed by atoms with Crippen molar-refractivity contribution in [2.45, 2.75) is 46.0 Å². The van der Waals surface area contributed by atoms with Crippen molar-refractivity contribution in [1.82, 2.24) is 15.1 Å². The quantitative estimate of drug-likeness (QED) is 0.382. The molecule has 0 aromatic rings. The standard InChI is InChI=1S/C16H31F3N4O.HI/c1-12(16(17,18)19)22-7-9-23(10-8-22)14(20-5)21-11-13(24-6)15(2,3)4;/h12-13H,7-11H2,1-6H3,(H,20,21);1H. The average molecular weight is 480 g/mol. The van der Waals surface area contributed by atoms with Gasteiger partial charge in [-0.3, -0.25) is 9.89 Å². The molecule has 0 aromatic carbocycles. The highest BCUT2D eigenvalue weighted by molar-refractivity contribution is 14.0. The lowest BCUT2D eigenvalue weighted by molar-refractivity contribution is -0.181. The van der Waals surface area contributed by atoms with Crippen molar-refractivity contribution in [3.63, 3.8) is 0 Å². The highest BCUT2D eigenvalue weighted by Gasteiger charge is 2.41. The van der Waals surface area contributed by atoms with Crippen LogP contribution in [-0.4, -0.2) is 81.0 Å². The van der Waals surface area contributed by atoms with Gasteiger partial charge in [0.05, 0.1) is 6.10 Å². The van der Waals surface area contributed by atoms with Gasteiger partial charge in [-0.25, -0.2) is 0 Å². The average Bonchev–Trinajstić information content (AvgIpc) is 2.49. The van der Waals surface area contributed by atoms with Gasteiger partial charge in [-0.2, -0.15) is 13.2 Å². The van der Waals surface area contributed by atoms with Crippen LogP contribution >= 0.6 is 24.0 Å². The molecule has 1 saturated heterocycles. The Labute approximate surface area is 166 Å². The van der Waals surface area contributed by atoms with Crippen LogP contribution in [0.5, 0.6) is 0 Å². The Kier molecular flexibility index (Phi) is 10.0. The molecule has 2 unspecified atom stereocenters. The number of methoxy groups -OCH3 is 1. The number of nitrogens with one attached hydrogen (secondary N) is 1. The molecule has 2 atom stereocenters. The highest BCUT2D eigenvalue weighted by atomic mass is 127. The largest absolute Gasteiger partial charge is 0.403 e. The van der Waals surface area contributed by atoms with Crippen molar-refractivity contribution in [1.29, 1.82) is 0 Å². The summed E-state index contributed by atoms with van der Waals surface area (Å²) in [7, 11) is 3.36. The predicted molar refractivity (Wildman–Crippen MR) is 106 cm³/mol. The molecule has 1 N–H and O–H groups in total. The van der Waals surface area contributed by atoms with Crippen LogP contribution in [0.15, 0.2) is 4.99 Å². The fourth-order valence-corrected chi connectivity index (χ4v) is 2.79. The predicted octanol–water partition coefficient (Wildman–Crippen LogP) is 2.81. The minimum absolute atomic E-state index is 0. The Balaban J connectivity index is 0.00000576. The molecule has 1 aliphatic rings. The molecule has 0 spiro atoms. The van der Waals surface area contributed by atoms with Crippen molar-refractivity contribution in [3.8, 4) is 0 Å². The van der Waals surface area contributed by atoms with Gasteiger partial charge in [-0.05, 0) is 12.3 Å². The number of rotatable bonds is 4. The van der Waals surface area contributed by atoms with Crippen LogP contribution < -0.4 is 5.32 Å². The first-order chi connectivity index (χ1) is 11.0. The number of aliphatic imine (C=N–C) groups is 1. The molecule has 150 valence electrons. The van der Waals surface area contributed by atoms with Crippen LogP contribution in [-0.2, 0) is 4.74 Å². The normalized spacial score (nSPS) is 20.0. The van der Waals surface area contributed by atoms with E-state index in [-0.39, 0.29) is 35.5 Å². The van der Waals surface area contributed by atoms with Crippen molar-refractivity contribution < 1.29 is 17.9 Å². The second kappa shape index (κ2) is 10.1. The van der Waals surface area contributed by atoms with Crippen molar-refractivity contribution in [2.75, 3.05) is 46.9 Å². The van der Waals surface area contributed by atoms with E-state index in [1.807, 2.05) is 4.90 Å². The maximum atomic E-state index is 12.8. The molecule has 0 aliphatic carbocycles. The van der Waals surface area contributed by atoms with Gasteiger partial charge in [0.25, 0.3) is 0 Å². The summed E-state index contributed by atoms with van der Waals surface area (Å²) in [4.78, 5) is 7.72. The summed E-state index contributed by atoms with van der Waals surface area (Å²) in [5.41, 5.74) is -0.0125. The van der Waals surface area contributed by atoms with Crippen LogP contribution in [0.25, 0.3) is 0 Å². The fraction of sp³-hybridized carbons (Fsp3) is 0.938. The maximum absolute atomic E-state index is 12.8. The highest BCUT2D eigenvalue weighted by Crippen LogP contribution is 2.25. The van der Waals surface area contributed by atoms with Crippen LogP contribution in [0.2, 0.25) is 0 Å². The molecule has 9 heteroatoms. The van der Waals surface area contributed by atoms with Gasteiger partial charge in [0.2, 0.25) is 0 Å². The Morgan fingerprint density at radius 3 is 2.04 bits per heavy atom. The van der Waals surface area contributed by atoms with Crippen molar-refractivity contribution in [2.24, 2.45) is 10.4 Å². The third-order valence-electron chi connectivity index (χ3n) is 4.54. The van der Waals surface area contributed by atoms with Gasteiger partial charge in [0.1, 0.15) is 6.04 Å². The molecule has 5 nitrogen and oxygen atoms in total. The zero-order chi connectivity index (χ0) is 18.5. The number of nitrogens with zero attached hydrogens (tertiary/aromatic N) is 3. The first-order valence-electron chi connectivity index (χ1n) is 8.29. The van der Waals surface area contributed by atoms with Gasteiger partial charge in [-0.15, -0.1) is 24.0 Å². The summed E-state index contributed by atoms with van der Waals surface area (Å²) in [5, 5.41) is 3.28. The molecule has 0 bridgehead atoms. The second-order valence-electron chi connectivity index (χ2n) is 7.26. The monoisotopic (exact) mass is 480 g/mol. The number of alkyl halides is 3. The number of hydrogen-bond donors (Lipinski definition) is 1. The smallest absolute Gasteiger partial charge is 0.379 e. The minimum atomic E-state index is -4.18. The molecule has 0 aromatic heterocycles. The Hall–Kier alpha value is -0.290. The molecule has 0 radical (unpaired) electrons. The van der Waals surface area contributed by atoms with E-state index in [0.29, 0.717) is 38.7 Å². The topological polar surface area (TPSA) is 40.1 Å². The van der Waals surface area contributed by atoms with E-state index in [9.17, 15) is 13.2 Å². The van der Waals surface area contributed by atoms with Gasteiger partial charge in [0.15, 0.2) is 5.96 Å². The molecule has 1 heterocycles. The molecule has 1 rings (SSSR count). The SMILES string of the molecule is CN=C(NCC(OC)C(C)(C)C)N1CCN(C(C)C(F)(F)F)CC1.I. The van der Waals surface area contributed by atoms with Crippen molar-refractivity contribution >= 4 is 29.9 Å². The van der Waals surface area contributed by atoms with E-state index in [0.717, 1.165) is 0 Å². The summed E-state index contributed by atoms with van der Waals surface area (Å²) in [6.07, 6.45) is -4.17. The van der Waals surface area contributed by atoms with Gasteiger partial charge >= 0.3 is 6.18 Å². The summed E-state index contributed by atoms with van der Waals surface area (Å²) in [6, 6.07) is -1.41. The van der Waals surface area contributed by atoms with Crippen LogP contribution in [0, 0.1) is 5.41 Å². The zero-order valence-corrected chi connectivity index (χ0v) is 18.3. The third kappa shape index (κ3) is 7.46. The number of ether oxygens (including phenoxy) is 1. The number of halogens is 4. The minimum Gasteiger partial charge on any atom is -0.379 e. The Morgan fingerprint density at radius 1 is 1.16 bits per heavy atom. The number of guanidine groups is 1. The van der Waals surface area contributed by atoms with E-state index in [2.05, 4.69) is 31.1 Å². The second-order valence-corrected chi connectivity index (χ2v) is 7.26. The van der Waals surface area contributed by atoms with Crippen LogP contribution in [0.4, 0.5) is 13.2 Å². The van der Waals surface area contributed by atoms with Crippen LogP contribution in [0.1, 0.15) is 27.7 Å². The van der Waals surface area contributed by atoms with Gasteiger partial charge in [0, 0.05) is 46.9 Å². The van der Waals surface area contributed by atoms with E-state index in [1.54, 1.807) is 14.2 Å². The lowest BCUT2D eigenvalue weighted by Crippen LogP contribution is -2.57. The summed E-state index contributed by atoms with van der Waals surface area (Å²) in [5.74, 6) is 0.709. The summed E-state index contributed by atoms with van der Waals surface area (Å²) in [6.45, 7) is 9.90. The summed E-state index contributed by atoms with van der Waals surface area (Å²) >= 11 is 0. The van der Waals surface area contributed by atoms with E-state index in [4.69, 9.17) is 4.74 Å². The fourth-order valence-electron chi connectivity index (χ4n) is 2.79. The zero-order valence-electron chi connectivity index (χ0n) is 16.0. The van der Waals surface area contributed by atoms with E-state index < -0.39 is 12.2 Å². The molecule has 1 aliphatic heterocycles. The van der Waals surface area contributed by atoms with Gasteiger partial charge in [-0.1, -0.05) is 20.8 Å². The Morgan fingerprint density at radius 2 is 1.68 bits per heavy atom. The molecular weight excluding hydrogens is 448 g/mol. The number of piperazine rings is 1. The third-order valence-corrected chi connectivity index (χ3v) is 4.54. The molecule has 25 heavy (non-hydrogen) atoms. The maximum Gasteiger partial charge on any atom is 0.403 e. The van der Waals surface area contributed by atoms with E-state index >= 15 is 0 Å².